The number of likely N-dealkylation sites (tertiary alicyclic amines) is 1. The molecule has 4 heteroatoms. The molecular formula is C13H17F2NO. The van der Waals surface area contributed by atoms with E-state index < -0.39 is 18.4 Å². The second-order valence-electron chi connectivity index (χ2n) is 4.63. The van der Waals surface area contributed by atoms with Gasteiger partial charge >= 0.3 is 0 Å². The Balaban J connectivity index is 1.97. The largest absolute Gasteiger partial charge is 0.396 e. The highest BCUT2D eigenvalue weighted by Gasteiger charge is 2.43. The number of hydrogen-bond acceptors (Lipinski definition) is 2. The fourth-order valence-corrected chi connectivity index (χ4v) is 2.26. The second kappa shape index (κ2) is 5.10. The summed E-state index contributed by atoms with van der Waals surface area (Å²) in [6, 6.07) is 9.62. The number of hydrogen-bond donors (Lipinski definition) is 1. The van der Waals surface area contributed by atoms with Crippen LogP contribution in [0.5, 0.6) is 0 Å². The highest BCUT2D eigenvalue weighted by Crippen LogP contribution is 2.32. The van der Waals surface area contributed by atoms with Crippen LogP contribution in [-0.4, -0.2) is 35.6 Å². The minimum absolute atomic E-state index is 0.257. The third-order valence-electron chi connectivity index (χ3n) is 3.29. The molecule has 2 rings (SSSR count). The Kier molecular flexibility index (Phi) is 3.74. The van der Waals surface area contributed by atoms with E-state index in [2.05, 4.69) is 0 Å². The lowest BCUT2D eigenvalue weighted by Crippen LogP contribution is -2.49. The van der Waals surface area contributed by atoms with Crippen LogP contribution in [0, 0.1) is 5.92 Å². The quantitative estimate of drug-likeness (QED) is 0.876. The molecule has 1 fully saturated rings. The Labute approximate surface area is 99.9 Å². The number of rotatable bonds is 3. The van der Waals surface area contributed by atoms with E-state index in [0.29, 0.717) is 19.5 Å². The number of piperidine rings is 1. The van der Waals surface area contributed by atoms with Crippen LogP contribution in [0.1, 0.15) is 12.0 Å². The molecular weight excluding hydrogens is 224 g/mol. The summed E-state index contributed by atoms with van der Waals surface area (Å²) in [4.78, 5) is 1.75. The van der Waals surface area contributed by atoms with Gasteiger partial charge in [0.25, 0.3) is 5.92 Å². The van der Waals surface area contributed by atoms with E-state index in [1.165, 1.54) is 0 Å². The van der Waals surface area contributed by atoms with Crippen LogP contribution in [0.2, 0.25) is 0 Å². The molecule has 1 aromatic carbocycles. The van der Waals surface area contributed by atoms with Crippen LogP contribution in [0.25, 0.3) is 0 Å². The molecule has 1 aromatic rings. The lowest BCUT2D eigenvalue weighted by molar-refractivity contribution is -0.125. The van der Waals surface area contributed by atoms with Gasteiger partial charge in [-0.25, -0.2) is 8.78 Å². The Morgan fingerprint density at radius 3 is 2.59 bits per heavy atom. The lowest BCUT2D eigenvalue weighted by Gasteiger charge is -2.37. The molecule has 0 radical (unpaired) electrons. The molecule has 1 saturated heterocycles. The van der Waals surface area contributed by atoms with Crippen molar-refractivity contribution in [3.63, 3.8) is 0 Å². The molecule has 1 heterocycles. The molecule has 94 valence electrons. The topological polar surface area (TPSA) is 23.5 Å². The van der Waals surface area contributed by atoms with Gasteiger partial charge in [0.1, 0.15) is 0 Å². The minimum atomic E-state index is -2.78. The van der Waals surface area contributed by atoms with Crippen LogP contribution in [0.3, 0.4) is 0 Å². The Bertz CT molecular complexity index is 356. The van der Waals surface area contributed by atoms with Crippen molar-refractivity contribution in [2.24, 2.45) is 5.92 Å². The van der Waals surface area contributed by atoms with Crippen molar-refractivity contribution in [2.75, 3.05) is 19.7 Å². The van der Waals surface area contributed by atoms with Gasteiger partial charge in [-0.15, -0.1) is 0 Å². The van der Waals surface area contributed by atoms with Crippen LogP contribution in [0.4, 0.5) is 8.78 Å². The maximum absolute atomic E-state index is 13.6. The van der Waals surface area contributed by atoms with Gasteiger partial charge in [0.15, 0.2) is 0 Å². The molecule has 2 nitrogen and oxygen atoms in total. The highest BCUT2D eigenvalue weighted by molar-refractivity contribution is 5.14. The van der Waals surface area contributed by atoms with E-state index in [-0.39, 0.29) is 6.54 Å². The van der Waals surface area contributed by atoms with Crippen molar-refractivity contribution in [3.8, 4) is 0 Å². The smallest absolute Gasteiger partial charge is 0.265 e. The van der Waals surface area contributed by atoms with Gasteiger partial charge in [0.2, 0.25) is 0 Å². The first kappa shape index (κ1) is 12.5. The van der Waals surface area contributed by atoms with Gasteiger partial charge < -0.3 is 5.11 Å². The number of aliphatic hydroxyl groups excluding tert-OH is 1. The van der Waals surface area contributed by atoms with Gasteiger partial charge in [-0.2, -0.15) is 0 Å². The van der Waals surface area contributed by atoms with Crippen molar-refractivity contribution in [3.05, 3.63) is 35.9 Å². The Morgan fingerprint density at radius 1 is 1.29 bits per heavy atom. The maximum atomic E-state index is 13.6. The van der Waals surface area contributed by atoms with Crippen LogP contribution < -0.4 is 0 Å². The molecule has 1 unspecified atom stereocenters. The number of benzene rings is 1. The standard InChI is InChI=1S/C13H17F2NO/c14-13(15)10-16(7-6-12(13)9-17)8-11-4-2-1-3-5-11/h1-5,12,17H,6-10H2. The van der Waals surface area contributed by atoms with Gasteiger partial charge in [0.05, 0.1) is 13.2 Å². The number of alkyl halides is 2. The zero-order valence-corrected chi connectivity index (χ0v) is 9.65. The van der Waals surface area contributed by atoms with E-state index in [1.807, 2.05) is 30.3 Å². The Morgan fingerprint density at radius 2 is 2.00 bits per heavy atom. The zero-order chi connectivity index (χ0) is 12.3. The Hall–Kier alpha value is -1.00. The first-order valence-electron chi connectivity index (χ1n) is 5.87. The van der Waals surface area contributed by atoms with Crippen LogP contribution >= 0.6 is 0 Å². The summed E-state index contributed by atoms with van der Waals surface area (Å²) in [6.45, 7) is 0.490. The third-order valence-corrected chi connectivity index (χ3v) is 3.29. The van der Waals surface area contributed by atoms with E-state index in [9.17, 15) is 8.78 Å². The van der Waals surface area contributed by atoms with Crippen molar-refractivity contribution in [2.45, 2.75) is 18.9 Å². The van der Waals surface area contributed by atoms with E-state index in [0.717, 1.165) is 5.56 Å². The van der Waals surface area contributed by atoms with Gasteiger partial charge in [-0.05, 0) is 18.5 Å². The molecule has 0 aromatic heterocycles. The first-order chi connectivity index (χ1) is 8.12. The fourth-order valence-electron chi connectivity index (χ4n) is 2.26. The molecule has 0 aliphatic carbocycles. The summed E-state index contributed by atoms with van der Waals surface area (Å²) in [5, 5.41) is 8.90. The van der Waals surface area contributed by atoms with Crippen LogP contribution in [0.15, 0.2) is 30.3 Å². The molecule has 0 spiro atoms. The zero-order valence-electron chi connectivity index (χ0n) is 9.65. The third kappa shape index (κ3) is 3.01. The molecule has 17 heavy (non-hydrogen) atoms. The van der Waals surface area contributed by atoms with Crippen molar-refractivity contribution in [1.29, 1.82) is 0 Å². The minimum Gasteiger partial charge on any atom is -0.396 e. The molecule has 1 N–H and O–H groups in total. The number of aliphatic hydroxyl groups is 1. The van der Waals surface area contributed by atoms with E-state index in [4.69, 9.17) is 5.11 Å². The summed E-state index contributed by atoms with van der Waals surface area (Å²) in [5.41, 5.74) is 1.05. The van der Waals surface area contributed by atoms with Gasteiger partial charge in [-0.3, -0.25) is 4.90 Å². The predicted molar refractivity (Wildman–Crippen MR) is 61.9 cm³/mol. The van der Waals surface area contributed by atoms with Gasteiger partial charge in [-0.1, -0.05) is 30.3 Å². The summed E-state index contributed by atoms with van der Waals surface area (Å²) >= 11 is 0. The lowest BCUT2D eigenvalue weighted by atomic mass is 9.93. The van der Waals surface area contributed by atoms with Crippen LogP contribution in [-0.2, 0) is 6.54 Å². The molecule has 0 bridgehead atoms. The maximum Gasteiger partial charge on any atom is 0.265 e. The summed E-state index contributed by atoms with van der Waals surface area (Å²) in [5.74, 6) is -3.66. The summed E-state index contributed by atoms with van der Waals surface area (Å²) in [6.07, 6.45) is 0.357. The monoisotopic (exact) mass is 241 g/mol. The highest BCUT2D eigenvalue weighted by atomic mass is 19.3. The second-order valence-corrected chi connectivity index (χ2v) is 4.63. The summed E-state index contributed by atoms with van der Waals surface area (Å²) < 4.78 is 27.2. The van der Waals surface area contributed by atoms with Crippen molar-refractivity contribution in [1.82, 2.24) is 4.90 Å². The molecule has 1 aliphatic heterocycles. The fraction of sp³-hybridized carbons (Fsp3) is 0.538. The molecule has 1 aliphatic rings. The molecule has 0 saturated carbocycles. The molecule has 1 atom stereocenters. The number of nitrogens with zero attached hydrogens (tertiary/aromatic N) is 1. The SMILES string of the molecule is OCC1CCN(Cc2ccccc2)CC1(F)F. The van der Waals surface area contributed by atoms with Crippen molar-refractivity contribution < 1.29 is 13.9 Å². The number of halogens is 2. The molecule has 0 amide bonds. The first-order valence-corrected chi connectivity index (χ1v) is 5.87. The van der Waals surface area contributed by atoms with E-state index >= 15 is 0 Å². The summed E-state index contributed by atoms with van der Waals surface area (Å²) in [7, 11) is 0. The van der Waals surface area contributed by atoms with Gasteiger partial charge in [0, 0.05) is 12.5 Å². The van der Waals surface area contributed by atoms with Crippen molar-refractivity contribution >= 4 is 0 Å². The average Bonchev–Trinajstić information content (AvgIpc) is 2.29. The normalized spacial score (nSPS) is 24.8. The predicted octanol–water partition coefficient (Wildman–Crippen LogP) is 2.14. The van der Waals surface area contributed by atoms with E-state index in [1.54, 1.807) is 4.90 Å². The average molecular weight is 241 g/mol.